The Labute approximate surface area is 87.6 Å². The monoisotopic (exact) mass is 208 g/mol. The van der Waals surface area contributed by atoms with Crippen LogP contribution in [-0.4, -0.2) is 15.2 Å². The number of hydrogen-bond donors (Lipinski definition) is 1. The van der Waals surface area contributed by atoms with E-state index in [-0.39, 0.29) is 5.25 Å². The second kappa shape index (κ2) is 4.82. The molecular formula is C9H12N4S. The van der Waals surface area contributed by atoms with Crippen LogP contribution in [0, 0.1) is 11.3 Å². The van der Waals surface area contributed by atoms with Crippen molar-refractivity contribution >= 4 is 17.6 Å². The van der Waals surface area contributed by atoms with Crippen molar-refractivity contribution in [1.29, 1.82) is 5.26 Å². The standard InChI is InChI=1S/C9H12N4S/c1-3-7-4-8(11)13-9(12-7)14-6(2)5-10/h4,6H,3H2,1-2H3,(H2,11,12,13). The van der Waals surface area contributed by atoms with Crippen molar-refractivity contribution in [3.05, 3.63) is 11.8 Å². The molecule has 0 radical (unpaired) electrons. The minimum absolute atomic E-state index is 0.151. The van der Waals surface area contributed by atoms with Gasteiger partial charge in [-0.15, -0.1) is 0 Å². The van der Waals surface area contributed by atoms with Crippen molar-refractivity contribution in [2.45, 2.75) is 30.7 Å². The zero-order valence-corrected chi connectivity index (χ0v) is 9.01. The van der Waals surface area contributed by atoms with Crippen LogP contribution in [0.25, 0.3) is 0 Å². The van der Waals surface area contributed by atoms with Crippen molar-refractivity contribution in [2.75, 3.05) is 5.73 Å². The Kier molecular flexibility index (Phi) is 3.72. The van der Waals surface area contributed by atoms with Gasteiger partial charge in [0.2, 0.25) is 0 Å². The van der Waals surface area contributed by atoms with Gasteiger partial charge in [-0.05, 0) is 13.3 Å². The van der Waals surface area contributed by atoms with Gasteiger partial charge in [0.1, 0.15) is 5.82 Å². The molecule has 1 heterocycles. The van der Waals surface area contributed by atoms with E-state index in [1.54, 1.807) is 6.07 Å². The van der Waals surface area contributed by atoms with Crippen LogP contribution >= 0.6 is 11.8 Å². The molecule has 0 aliphatic carbocycles. The highest BCUT2D eigenvalue weighted by Gasteiger charge is 2.07. The number of hydrogen-bond acceptors (Lipinski definition) is 5. The fourth-order valence-electron chi connectivity index (χ4n) is 0.912. The maximum absolute atomic E-state index is 8.63. The molecule has 1 rings (SSSR count). The molecule has 5 heteroatoms. The van der Waals surface area contributed by atoms with E-state index in [0.717, 1.165) is 12.1 Å². The lowest BCUT2D eigenvalue weighted by Gasteiger charge is -2.04. The molecule has 0 spiro atoms. The third kappa shape index (κ3) is 2.89. The molecule has 1 atom stereocenters. The van der Waals surface area contributed by atoms with E-state index in [0.29, 0.717) is 11.0 Å². The summed E-state index contributed by atoms with van der Waals surface area (Å²) < 4.78 is 0. The van der Waals surface area contributed by atoms with Crippen LogP contribution in [0.15, 0.2) is 11.2 Å². The molecule has 0 bridgehead atoms. The number of rotatable bonds is 3. The number of anilines is 1. The molecule has 14 heavy (non-hydrogen) atoms. The largest absolute Gasteiger partial charge is 0.384 e. The highest BCUT2D eigenvalue weighted by molar-refractivity contribution is 8.00. The summed E-state index contributed by atoms with van der Waals surface area (Å²) in [5.74, 6) is 0.462. The van der Waals surface area contributed by atoms with Crippen LogP contribution in [0.4, 0.5) is 5.82 Å². The van der Waals surface area contributed by atoms with Gasteiger partial charge in [-0.25, -0.2) is 9.97 Å². The lowest BCUT2D eigenvalue weighted by atomic mass is 10.3. The number of nitriles is 1. The molecular weight excluding hydrogens is 196 g/mol. The highest BCUT2D eigenvalue weighted by Crippen LogP contribution is 2.20. The third-order valence-corrected chi connectivity index (χ3v) is 2.46. The van der Waals surface area contributed by atoms with Crippen LogP contribution in [-0.2, 0) is 6.42 Å². The van der Waals surface area contributed by atoms with Crippen LogP contribution in [0.3, 0.4) is 0 Å². The van der Waals surface area contributed by atoms with E-state index in [9.17, 15) is 0 Å². The highest BCUT2D eigenvalue weighted by atomic mass is 32.2. The Morgan fingerprint density at radius 1 is 1.64 bits per heavy atom. The van der Waals surface area contributed by atoms with E-state index in [2.05, 4.69) is 16.0 Å². The van der Waals surface area contributed by atoms with Crippen LogP contribution in [0.2, 0.25) is 0 Å². The lowest BCUT2D eigenvalue weighted by Crippen LogP contribution is -2.01. The zero-order chi connectivity index (χ0) is 10.6. The number of thioether (sulfide) groups is 1. The SMILES string of the molecule is CCc1cc(N)nc(SC(C)C#N)n1. The van der Waals surface area contributed by atoms with Crippen molar-refractivity contribution in [1.82, 2.24) is 9.97 Å². The Hall–Kier alpha value is -1.28. The number of nitrogens with two attached hydrogens (primary N) is 1. The van der Waals surface area contributed by atoms with Crippen molar-refractivity contribution in [3.63, 3.8) is 0 Å². The Balaban J connectivity index is 2.87. The Morgan fingerprint density at radius 3 is 2.93 bits per heavy atom. The summed E-state index contributed by atoms with van der Waals surface area (Å²) in [6.07, 6.45) is 0.821. The molecule has 0 saturated heterocycles. The van der Waals surface area contributed by atoms with Crippen LogP contribution in [0.5, 0.6) is 0 Å². The van der Waals surface area contributed by atoms with Crippen LogP contribution < -0.4 is 5.73 Å². The summed E-state index contributed by atoms with van der Waals surface area (Å²) in [5.41, 5.74) is 6.51. The van der Waals surface area contributed by atoms with Gasteiger partial charge in [0.05, 0.1) is 11.3 Å². The molecule has 2 N–H and O–H groups in total. The second-order valence-electron chi connectivity index (χ2n) is 2.81. The maximum atomic E-state index is 8.63. The first-order valence-electron chi connectivity index (χ1n) is 4.35. The summed E-state index contributed by atoms with van der Waals surface area (Å²) in [6.45, 7) is 3.81. The van der Waals surface area contributed by atoms with Crippen LogP contribution in [0.1, 0.15) is 19.5 Å². The number of aromatic nitrogens is 2. The molecule has 0 saturated carbocycles. The first-order valence-corrected chi connectivity index (χ1v) is 5.23. The van der Waals surface area contributed by atoms with Gasteiger partial charge >= 0.3 is 0 Å². The molecule has 1 aromatic heterocycles. The molecule has 1 unspecified atom stereocenters. The predicted octanol–water partition coefficient (Wildman–Crippen LogP) is 1.63. The van der Waals surface area contributed by atoms with Gasteiger partial charge < -0.3 is 5.73 Å². The Bertz CT molecular complexity index is 358. The van der Waals surface area contributed by atoms with E-state index >= 15 is 0 Å². The molecule has 0 aliphatic heterocycles. The fourth-order valence-corrected chi connectivity index (χ4v) is 1.61. The van der Waals surface area contributed by atoms with Crippen molar-refractivity contribution in [3.8, 4) is 6.07 Å². The van der Waals surface area contributed by atoms with Gasteiger partial charge in [0.15, 0.2) is 5.16 Å². The van der Waals surface area contributed by atoms with E-state index in [1.165, 1.54) is 11.8 Å². The summed E-state index contributed by atoms with van der Waals surface area (Å²) in [5, 5.41) is 9.06. The topological polar surface area (TPSA) is 75.6 Å². The number of nitrogen functional groups attached to an aromatic ring is 1. The average Bonchev–Trinajstić information content (AvgIpc) is 2.16. The van der Waals surface area contributed by atoms with Gasteiger partial charge in [-0.3, -0.25) is 0 Å². The maximum Gasteiger partial charge on any atom is 0.191 e. The zero-order valence-electron chi connectivity index (χ0n) is 8.19. The van der Waals surface area contributed by atoms with E-state index in [4.69, 9.17) is 11.0 Å². The first kappa shape index (κ1) is 10.8. The molecule has 0 aromatic carbocycles. The molecule has 4 nitrogen and oxygen atoms in total. The van der Waals surface area contributed by atoms with Gasteiger partial charge in [0, 0.05) is 11.8 Å². The Morgan fingerprint density at radius 2 is 2.36 bits per heavy atom. The molecule has 0 amide bonds. The summed E-state index contributed by atoms with van der Waals surface area (Å²) in [7, 11) is 0. The number of aryl methyl sites for hydroxylation is 1. The van der Waals surface area contributed by atoms with Gasteiger partial charge in [0.25, 0.3) is 0 Å². The van der Waals surface area contributed by atoms with Crippen molar-refractivity contribution in [2.24, 2.45) is 0 Å². The predicted molar refractivity (Wildman–Crippen MR) is 56.8 cm³/mol. The third-order valence-electron chi connectivity index (χ3n) is 1.60. The quantitative estimate of drug-likeness (QED) is 0.603. The van der Waals surface area contributed by atoms with Gasteiger partial charge in [-0.2, -0.15) is 5.26 Å². The summed E-state index contributed by atoms with van der Waals surface area (Å²) >= 11 is 1.32. The summed E-state index contributed by atoms with van der Waals surface area (Å²) in [6, 6.07) is 3.86. The average molecular weight is 208 g/mol. The van der Waals surface area contributed by atoms with E-state index < -0.39 is 0 Å². The molecule has 1 aromatic rings. The lowest BCUT2D eigenvalue weighted by molar-refractivity contribution is 0.894. The number of nitrogens with zero attached hydrogens (tertiary/aromatic N) is 3. The van der Waals surface area contributed by atoms with E-state index in [1.807, 2.05) is 13.8 Å². The molecule has 0 aliphatic rings. The second-order valence-corrected chi connectivity index (χ2v) is 4.12. The van der Waals surface area contributed by atoms with Crippen molar-refractivity contribution < 1.29 is 0 Å². The fraction of sp³-hybridized carbons (Fsp3) is 0.444. The molecule has 74 valence electrons. The smallest absolute Gasteiger partial charge is 0.191 e. The summed E-state index contributed by atoms with van der Waals surface area (Å²) in [4.78, 5) is 8.31. The first-order chi connectivity index (χ1) is 6.65. The minimum atomic E-state index is -0.151. The molecule has 0 fully saturated rings. The normalized spacial score (nSPS) is 12.1. The van der Waals surface area contributed by atoms with Gasteiger partial charge in [-0.1, -0.05) is 18.7 Å². The minimum Gasteiger partial charge on any atom is -0.384 e.